The van der Waals surface area contributed by atoms with Crippen LogP contribution in [-0.4, -0.2) is 14.2 Å². The van der Waals surface area contributed by atoms with Gasteiger partial charge < -0.3 is 14.8 Å². The Morgan fingerprint density at radius 1 is 1.14 bits per heavy atom. The van der Waals surface area contributed by atoms with Gasteiger partial charge in [0.1, 0.15) is 11.8 Å². The molecule has 0 bridgehead atoms. The third-order valence-corrected chi connectivity index (χ3v) is 3.19. The maximum absolute atomic E-state index is 8.98. The summed E-state index contributed by atoms with van der Waals surface area (Å²) >= 11 is 0. The third kappa shape index (κ3) is 3.74. The lowest BCUT2D eigenvalue weighted by molar-refractivity contribution is 0.185. The van der Waals surface area contributed by atoms with Gasteiger partial charge in [-0.3, -0.25) is 0 Å². The van der Waals surface area contributed by atoms with Crippen LogP contribution >= 0.6 is 0 Å². The SMILES string of the molecule is COCc1ccccc1NCc1ccc(C#N)c(OC)c1. The molecule has 4 heteroatoms. The normalized spacial score (nSPS) is 9.95. The summed E-state index contributed by atoms with van der Waals surface area (Å²) in [6, 6.07) is 15.7. The molecule has 2 rings (SSSR count). The smallest absolute Gasteiger partial charge is 0.136 e. The van der Waals surface area contributed by atoms with Crippen molar-refractivity contribution in [2.75, 3.05) is 19.5 Å². The molecule has 0 atom stereocenters. The molecule has 0 amide bonds. The predicted molar refractivity (Wildman–Crippen MR) is 82.2 cm³/mol. The summed E-state index contributed by atoms with van der Waals surface area (Å²) in [6.45, 7) is 1.22. The maximum Gasteiger partial charge on any atom is 0.136 e. The molecule has 0 unspecified atom stereocenters. The van der Waals surface area contributed by atoms with Gasteiger partial charge in [0.05, 0.1) is 19.3 Å². The van der Waals surface area contributed by atoms with Crippen molar-refractivity contribution >= 4 is 5.69 Å². The van der Waals surface area contributed by atoms with Crippen molar-refractivity contribution in [1.29, 1.82) is 5.26 Å². The van der Waals surface area contributed by atoms with E-state index in [4.69, 9.17) is 14.7 Å². The summed E-state index contributed by atoms with van der Waals surface area (Å²) in [7, 11) is 3.25. The molecule has 0 aromatic heterocycles. The quantitative estimate of drug-likeness (QED) is 0.883. The minimum atomic E-state index is 0.543. The summed E-state index contributed by atoms with van der Waals surface area (Å²) in [5.74, 6) is 0.599. The number of ether oxygens (including phenoxy) is 2. The zero-order valence-electron chi connectivity index (χ0n) is 12.2. The molecule has 0 spiro atoms. The van der Waals surface area contributed by atoms with Gasteiger partial charge in [-0.05, 0) is 23.8 Å². The fourth-order valence-corrected chi connectivity index (χ4v) is 2.11. The van der Waals surface area contributed by atoms with Crippen LogP contribution in [0.2, 0.25) is 0 Å². The van der Waals surface area contributed by atoms with Crippen molar-refractivity contribution in [2.24, 2.45) is 0 Å². The molecule has 0 saturated heterocycles. The average molecular weight is 282 g/mol. The Hall–Kier alpha value is -2.51. The van der Waals surface area contributed by atoms with Gasteiger partial charge in [0.15, 0.2) is 0 Å². The van der Waals surface area contributed by atoms with Gasteiger partial charge in [-0.25, -0.2) is 0 Å². The van der Waals surface area contributed by atoms with Crippen molar-refractivity contribution < 1.29 is 9.47 Å². The highest BCUT2D eigenvalue weighted by Crippen LogP contribution is 2.21. The largest absolute Gasteiger partial charge is 0.495 e. The molecule has 2 aromatic rings. The van der Waals surface area contributed by atoms with E-state index in [0.717, 1.165) is 16.8 Å². The van der Waals surface area contributed by atoms with Gasteiger partial charge in [0.2, 0.25) is 0 Å². The lowest BCUT2D eigenvalue weighted by Gasteiger charge is -2.12. The minimum Gasteiger partial charge on any atom is -0.495 e. The van der Waals surface area contributed by atoms with E-state index >= 15 is 0 Å². The molecule has 0 radical (unpaired) electrons. The summed E-state index contributed by atoms with van der Waals surface area (Å²) in [5, 5.41) is 12.4. The van der Waals surface area contributed by atoms with E-state index in [9.17, 15) is 0 Å². The molecule has 2 aromatic carbocycles. The van der Waals surface area contributed by atoms with Crippen LogP contribution in [0.25, 0.3) is 0 Å². The van der Waals surface area contributed by atoms with Gasteiger partial charge >= 0.3 is 0 Å². The monoisotopic (exact) mass is 282 g/mol. The molecule has 0 aliphatic heterocycles. The van der Waals surface area contributed by atoms with E-state index in [-0.39, 0.29) is 0 Å². The second-order valence-corrected chi connectivity index (χ2v) is 4.59. The molecular weight excluding hydrogens is 264 g/mol. The van der Waals surface area contributed by atoms with Crippen LogP contribution in [0.15, 0.2) is 42.5 Å². The van der Waals surface area contributed by atoms with E-state index in [0.29, 0.717) is 24.5 Å². The van der Waals surface area contributed by atoms with Crippen molar-refractivity contribution in [1.82, 2.24) is 0 Å². The lowest BCUT2D eigenvalue weighted by Crippen LogP contribution is -2.03. The number of hydrogen-bond donors (Lipinski definition) is 1. The van der Waals surface area contributed by atoms with Crippen LogP contribution in [0.5, 0.6) is 5.75 Å². The van der Waals surface area contributed by atoms with E-state index in [1.54, 1.807) is 20.3 Å². The first-order chi connectivity index (χ1) is 10.3. The second kappa shape index (κ2) is 7.32. The number of para-hydroxylation sites is 1. The van der Waals surface area contributed by atoms with Crippen LogP contribution < -0.4 is 10.1 Å². The van der Waals surface area contributed by atoms with Crippen molar-refractivity contribution in [3.8, 4) is 11.8 Å². The number of nitrogens with one attached hydrogen (secondary N) is 1. The molecule has 108 valence electrons. The summed E-state index contributed by atoms with van der Waals surface area (Å²) in [4.78, 5) is 0. The highest BCUT2D eigenvalue weighted by Gasteiger charge is 2.05. The standard InChI is InChI=1S/C17H18N2O2/c1-20-12-15-5-3-4-6-16(15)19-11-13-7-8-14(10-18)17(9-13)21-2/h3-9,19H,11-12H2,1-2H3. The van der Waals surface area contributed by atoms with Crippen LogP contribution in [0, 0.1) is 11.3 Å². The Kier molecular flexibility index (Phi) is 5.19. The zero-order chi connectivity index (χ0) is 15.1. The maximum atomic E-state index is 8.98. The van der Waals surface area contributed by atoms with Gasteiger partial charge in [-0.1, -0.05) is 24.3 Å². The Morgan fingerprint density at radius 2 is 1.95 bits per heavy atom. The van der Waals surface area contributed by atoms with Crippen molar-refractivity contribution in [3.05, 3.63) is 59.2 Å². The van der Waals surface area contributed by atoms with Crippen LogP contribution in [0.1, 0.15) is 16.7 Å². The first-order valence-corrected chi connectivity index (χ1v) is 6.66. The number of nitrogens with zero attached hydrogens (tertiary/aromatic N) is 1. The van der Waals surface area contributed by atoms with E-state index < -0.39 is 0 Å². The van der Waals surface area contributed by atoms with E-state index in [2.05, 4.69) is 11.4 Å². The number of nitriles is 1. The molecule has 4 nitrogen and oxygen atoms in total. The van der Waals surface area contributed by atoms with E-state index in [1.165, 1.54) is 0 Å². The highest BCUT2D eigenvalue weighted by atomic mass is 16.5. The average Bonchev–Trinajstić information content (AvgIpc) is 2.54. The van der Waals surface area contributed by atoms with Crippen molar-refractivity contribution in [3.63, 3.8) is 0 Å². The number of benzene rings is 2. The first-order valence-electron chi connectivity index (χ1n) is 6.66. The number of hydrogen-bond acceptors (Lipinski definition) is 4. The fraction of sp³-hybridized carbons (Fsp3) is 0.235. The van der Waals surface area contributed by atoms with Crippen molar-refractivity contribution in [2.45, 2.75) is 13.2 Å². The number of anilines is 1. The Bertz CT molecular complexity index is 647. The van der Waals surface area contributed by atoms with E-state index in [1.807, 2.05) is 36.4 Å². The molecule has 21 heavy (non-hydrogen) atoms. The fourth-order valence-electron chi connectivity index (χ4n) is 2.11. The first kappa shape index (κ1) is 14.9. The molecule has 0 aliphatic rings. The third-order valence-electron chi connectivity index (χ3n) is 3.19. The zero-order valence-corrected chi connectivity index (χ0v) is 12.2. The number of methoxy groups -OCH3 is 2. The summed E-state index contributed by atoms with van der Waals surface area (Å²) in [6.07, 6.45) is 0. The molecule has 1 N–H and O–H groups in total. The Balaban J connectivity index is 2.12. The van der Waals surface area contributed by atoms with Gasteiger partial charge in [0, 0.05) is 24.9 Å². The molecule has 0 fully saturated rings. The molecule has 0 heterocycles. The predicted octanol–water partition coefficient (Wildman–Crippen LogP) is 3.33. The van der Waals surface area contributed by atoms with Gasteiger partial charge in [0.25, 0.3) is 0 Å². The Labute approximate surface area is 124 Å². The lowest BCUT2D eigenvalue weighted by atomic mass is 10.1. The molecule has 0 aliphatic carbocycles. The summed E-state index contributed by atoms with van der Waals surface area (Å²) in [5.41, 5.74) is 3.75. The second-order valence-electron chi connectivity index (χ2n) is 4.59. The molecule has 0 saturated carbocycles. The van der Waals surface area contributed by atoms with Gasteiger partial charge in [-0.15, -0.1) is 0 Å². The molecular formula is C17H18N2O2. The Morgan fingerprint density at radius 3 is 2.67 bits per heavy atom. The minimum absolute atomic E-state index is 0.543. The van der Waals surface area contributed by atoms with Crippen LogP contribution in [0.4, 0.5) is 5.69 Å². The summed E-state index contributed by atoms with van der Waals surface area (Å²) < 4.78 is 10.4. The van der Waals surface area contributed by atoms with Crippen LogP contribution in [0.3, 0.4) is 0 Å². The topological polar surface area (TPSA) is 54.3 Å². The van der Waals surface area contributed by atoms with Crippen LogP contribution in [-0.2, 0) is 17.9 Å². The number of rotatable bonds is 6. The highest BCUT2D eigenvalue weighted by molar-refractivity contribution is 5.52. The van der Waals surface area contributed by atoms with Gasteiger partial charge in [-0.2, -0.15) is 5.26 Å².